The van der Waals surface area contributed by atoms with Gasteiger partial charge in [0, 0.05) is 19.3 Å². The second-order valence-corrected chi connectivity index (χ2v) is 4.23. The fourth-order valence-corrected chi connectivity index (χ4v) is 1.62. The number of carboxylic acid groups (broad SMARTS) is 1. The van der Waals surface area contributed by atoms with Crippen molar-refractivity contribution >= 4 is 23.4 Å². The Labute approximate surface area is 112 Å². The summed E-state index contributed by atoms with van der Waals surface area (Å²) >= 11 is 0. The number of anilines is 2. The van der Waals surface area contributed by atoms with Crippen molar-refractivity contribution in [3.63, 3.8) is 0 Å². The van der Waals surface area contributed by atoms with Gasteiger partial charge in [-0.25, -0.2) is 9.59 Å². The van der Waals surface area contributed by atoms with E-state index < -0.39 is 5.97 Å². The van der Waals surface area contributed by atoms with Gasteiger partial charge in [0.1, 0.15) is 0 Å². The molecule has 0 aliphatic carbocycles. The summed E-state index contributed by atoms with van der Waals surface area (Å²) in [5.41, 5.74) is 6.23. The first-order valence-electron chi connectivity index (χ1n) is 6.11. The second kappa shape index (κ2) is 6.63. The Hall–Kier alpha value is -2.24. The van der Waals surface area contributed by atoms with E-state index >= 15 is 0 Å². The SMILES string of the molecule is CCCCNC(=O)N(C)c1ccc(N)cc1C(=O)O. The van der Waals surface area contributed by atoms with E-state index in [-0.39, 0.29) is 11.6 Å². The zero-order valence-corrected chi connectivity index (χ0v) is 11.1. The van der Waals surface area contributed by atoms with Gasteiger partial charge in [-0.1, -0.05) is 13.3 Å². The van der Waals surface area contributed by atoms with Crippen molar-refractivity contribution in [3.8, 4) is 0 Å². The molecule has 104 valence electrons. The smallest absolute Gasteiger partial charge is 0.337 e. The molecule has 0 aromatic heterocycles. The Morgan fingerprint density at radius 2 is 2.11 bits per heavy atom. The standard InChI is InChI=1S/C13H19N3O3/c1-3-4-7-15-13(19)16(2)11-6-5-9(14)8-10(11)12(17)18/h5-6,8H,3-4,7,14H2,1-2H3,(H,15,19)(H,17,18). The van der Waals surface area contributed by atoms with Gasteiger partial charge in [-0.2, -0.15) is 0 Å². The highest BCUT2D eigenvalue weighted by Gasteiger charge is 2.18. The van der Waals surface area contributed by atoms with Gasteiger partial charge in [-0.05, 0) is 24.6 Å². The van der Waals surface area contributed by atoms with Crippen molar-refractivity contribution in [2.75, 3.05) is 24.2 Å². The van der Waals surface area contributed by atoms with Gasteiger partial charge in [0.2, 0.25) is 0 Å². The predicted molar refractivity (Wildman–Crippen MR) is 74.5 cm³/mol. The molecule has 0 radical (unpaired) electrons. The summed E-state index contributed by atoms with van der Waals surface area (Å²) in [6.45, 7) is 2.59. The summed E-state index contributed by atoms with van der Waals surface area (Å²) in [5, 5.41) is 11.8. The van der Waals surface area contributed by atoms with Crippen LogP contribution in [0.3, 0.4) is 0 Å². The van der Waals surface area contributed by atoms with Crippen LogP contribution in [0.15, 0.2) is 18.2 Å². The number of nitrogen functional groups attached to an aromatic ring is 1. The van der Waals surface area contributed by atoms with Crippen LogP contribution in [0.25, 0.3) is 0 Å². The van der Waals surface area contributed by atoms with Crippen LogP contribution in [0.4, 0.5) is 16.2 Å². The van der Waals surface area contributed by atoms with E-state index in [4.69, 9.17) is 10.8 Å². The topological polar surface area (TPSA) is 95.7 Å². The monoisotopic (exact) mass is 265 g/mol. The molecule has 6 nitrogen and oxygen atoms in total. The highest BCUT2D eigenvalue weighted by atomic mass is 16.4. The highest BCUT2D eigenvalue weighted by molar-refractivity contribution is 6.01. The molecule has 0 aliphatic rings. The minimum Gasteiger partial charge on any atom is -0.478 e. The lowest BCUT2D eigenvalue weighted by atomic mass is 10.1. The molecule has 0 spiro atoms. The second-order valence-electron chi connectivity index (χ2n) is 4.23. The summed E-state index contributed by atoms with van der Waals surface area (Å²) < 4.78 is 0. The molecule has 0 saturated heterocycles. The van der Waals surface area contributed by atoms with Crippen LogP contribution in [-0.2, 0) is 0 Å². The molecule has 0 fully saturated rings. The molecule has 0 atom stereocenters. The lowest BCUT2D eigenvalue weighted by Crippen LogP contribution is -2.38. The number of hydrogen-bond acceptors (Lipinski definition) is 3. The van der Waals surface area contributed by atoms with Gasteiger partial charge >= 0.3 is 12.0 Å². The number of benzene rings is 1. The molecule has 2 amide bonds. The molecule has 1 aromatic carbocycles. The molecular formula is C13H19N3O3. The number of carbonyl (C=O) groups is 2. The summed E-state index contributed by atoms with van der Waals surface area (Å²) in [7, 11) is 1.53. The Morgan fingerprint density at radius 3 is 2.68 bits per heavy atom. The number of rotatable bonds is 5. The van der Waals surface area contributed by atoms with Crippen LogP contribution >= 0.6 is 0 Å². The average Bonchev–Trinajstić information content (AvgIpc) is 2.38. The number of nitrogens with one attached hydrogen (secondary N) is 1. The van der Waals surface area contributed by atoms with Crippen molar-refractivity contribution in [1.29, 1.82) is 0 Å². The minimum absolute atomic E-state index is 0.00754. The quantitative estimate of drug-likeness (QED) is 0.559. The number of carboxylic acids is 1. The van der Waals surface area contributed by atoms with Gasteiger partial charge < -0.3 is 16.2 Å². The van der Waals surface area contributed by atoms with Crippen LogP contribution in [0.5, 0.6) is 0 Å². The normalized spacial score (nSPS) is 10.0. The van der Waals surface area contributed by atoms with Crippen molar-refractivity contribution in [2.24, 2.45) is 0 Å². The summed E-state index contributed by atoms with van der Waals surface area (Å²) in [4.78, 5) is 24.3. The lowest BCUT2D eigenvalue weighted by Gasteiger charge is -2.20. The van der Waals surface area contributed by atoms with E-state index in [2.05, 4.69) is 5.32 Å². The molecule has 0 aliphatic heterocycles. The lowest BCUT2D eigenvalue weighted by molar-refractivity contribution is 0.0698. The summed E-state index contributed by atoms with van der Waals surface area (Å²) in [6.07, 6.45) is 1.86. The number of urea groups is 1. The van der Waals surface area contributed by atoms with Crippen LogP contribution in [-0.4, -0.2) is 30.7 Å². The number of unbranched alkanes of at least 4 members (excludes halogenated alkanes) is 1. The molecule has 1 aromatic rings. The minimum atomic E-state index is -1.12. The van der Waals surface area contributed by atoms with Gasteiger partial charge in [-0.3, -0.25) is 4.90 Å². The van der Waals surface area contributed by atoms with E-state index in [1.54, 1.807) is 6.07 Å². The van der Waals surface area contributed by atoms with Gasteiger partial charge in [0.05, 0.1) is 11.3 Å². The maximum Gasteiger partial charge on any atom is 0.337 e. The maximum atomic E-state index is 11.9. The van der Waals surface area contributed by atoms with Crippen molar-refractivity contribution in [3.05, 3.63) is 23.8 Å². The van der Waals surface area contributed by atoms with E-state index in [1.165, 1.54) is 24.1 Å². The van der Waals surface area contributed by atoms with E-state index in [0.29, 0.717) is 17.9 Å². The Morgan fingerprint density at radius 1 is 1.42 bits per heavy atom. The third kappa shape index (κ3) is 3.87. The molecule has 4 N–H and O–H groups in total. The summed E-state index contributed by atoms with van der Waals surface area (Å²) in [5.74, 6) is -1.12. The fraction of sp³-hybridized carbons (Fsp3) is 0.385. The molecule has 0 bridgehead atoms. The Kier molecular flexibility index (Phi) is 5.17. The van der Waals surface area contributed by atoms with Crippen molar-refractivity contribution in [2.45, 2.75) is 19.8 Å². The molecule has 0 saturated carbocycles. The number of aromatic carboxylic acids is 1. The van der Waals surface area contributed by atoms with Gasteiger partial charge in [-0.15, -0.1) is 0 Å². The van der Waals surface area contributed by atoms with Crippen molar-refractivity contribution in [1.82, 2.24) is 5.32 Å². The van der Waals surface area contributed by atoms with Crippen LogP contribution in [0, 0.1) is 0 Å². The van der Waals surface area contributed by atoms with E-state index in [0.717, 1.165) is 12.8 Å². The number of carbonyl (C=O) groups excluding carboxylic acids is 1. The highest BCUT2D eigenvalue weighted by Crippen LogP contribution is 2.22. The number of amides is 2. The first kappa shape index (κ1) is 14.8. The van der Waals surface area contributed by atoms with Gasteiger partial charge in [0.15, 0.2) is 0 Å². The Balaban J connectivity index is 2.89. The fourth-order valence-electron chi connectivity index (χ4n) is 1.62. The molecule has 0 unspecified atom stereocenters. The average molecular weight is 265 g/mol. The first-order valence-corrected chi connectivity index (χ1v) is 6.11. The van der Waals surface area contributed by atoms with E-state index in [1.807, 2.05) is 6.92 Å². The summed E-state index contributed by atoms with van der Waals surface area (Å²) in [6, 6.07) is 4.10. The predicted octanol–water partition coefficient (Wildman–Crippen LogP) is 1.91. The third-order valence-corrected chi connectivity index (χ3v) is 2.72. The van der Waals surface area contributed by atoms with Crippen LogP contribution < -0.4 is 16.0 Å². The first-order chi connectivity index (χ1) is 8.97. The molecular weight excluding hydrogens is 246 g/mol. The zero-order valence-electron chi connectivity index (χ0n) is 11.1. The number of nitrogens with two attached hydrogens (primary N) is 1. The van der Waals surface area contributed by atoms with Crippen LogP contribution in [0.1, 0.15) is 30.1 Å². The zero-order chi connectivity index (χ0) is 14.4. The van der Waals surface area contributed by atoms with Crippen LogP contribution in [0.2, 0.25) is 0 Å². The number of nitrogens with zero attached hydrogens (tertiary/aromatic N) is 1. The Bertz CT molecular complexity index is 474. The third-order valence-electron chi connectivity index (χ3n) is 2.72. The van der Waals surface area contributed by atoms with Crippen molar-refractivity contribution < 1.29 is 14.7 Å². The number of hydrogen-bond donors (Lipinski definition) is 3. The van der Waals surface area contributed by atoms with Gasteiger partial charge in [0.25, 0.3) is 0 Å². The molecule has 0 heterocycles. The molecule has 19 heavy (non-hydrogen) atoms. The largest absolute Gasteiger partial charge is 0.478 e. The molecule has 6 heteroatoms. The van der Waals surface area contributed by atoms with E-state index in [9.17, 15) is 9.59 Å². The maximum absolute atomic E-state index is 11.9. The molecule has 1 rings (SSSR count).